The Morgan fingerprint density at radius 2 is 1.57 bits per heavy atom. The monoisotopic (exact) mass is 681 g/mol. The first-order valence-electron chi connectivity index (χ1n) is 14.7. The topological polar surface area (TPSA) is 97.7 Å². The van der Waals surface area contributed by atoms with Crippen molar-refractivity contribution in [1.29, 1.82) is 0 Å². The Morgan fingerprint density at radius 3 is 2.19 bits per heavy atom. The third-order valence-electron chi connectivity index (χ3n) is 8.32. The SMILES string of the molecule is COc1ccc(N2C(=O)C3Sc4c(sc(=O)n4CC(=O)Nc4ccccc4C(F)(F)F)C(c4ccc(C(C)(C)C)cc4)C3C2=O)cc1. The first-order valence-corrected chi connectivity index (χ1v) is 16.4. The van der Waals surface area contributed by atoms with Crippen LogP contribution in [-0.4, -0.2) is 34.6 Å². The van der Waals surface area contributed by atoms with Gasteiger partial charge in [-0.05, 0) is 52.9 Å². The number of carbonyl (C=O) groups is 3. The van der Waals surface area contributed by atoms with Crippen LogP contribution < -0.4 is 19.8 Å². The number of nitrogens with one attached hydrogen (secondary N) is 1. The summed E-state index contributed by atoms with van der Waals surface area (Å²) < 4.78 is 47.1. The van der Waals surface area contributed by atoms with E-state index in [0.29, 0.717) is 21.3 Å². The smallest absolute Gasteiger partial charge is 0.418 e. The van der Waals surface area contributed by atoms with Gasteiger partial charge < -0.3 is 10.1 Å². The number of anilines is 2. The number of hydrogen-bond acceptors (Lipinski definition) is 7. The van der Waals surface area contributed by atoms with Crippen LogP contribution in [0.1, 0.15) is 48.3 Å². The second kappa shape index (κ2) is 12.0. The molecule has 3 heterocycles. The predicted molar refractivity (Wildman–Crippen MR) is 174 cm³/mol. The average molecular weight is 682 g/mol. The van der Waals surface area contributed by atoms with E-state index in [4.69, 9.17) is 4.74 Å². The van der Waals surface area contributed by atoms with E-state index in [1.165, 1.54) is 23.8 Å². The predicted octanol–water partition coefficient (Wildman–Crippen LogP) is 6.67. The van der Waals surface area contributed by atoms with Gasteiger partial charge in [0.05, 0.1) is 35.0 Å². The molecule has 13 heteroatoms. The molecule has 0 radical (unpaired) electrons. The van der Waals surface area contributed by atoms with Crippen molar-refractivity contribution < 1.29 is 32.3 Å². The minimum absolute atomic E-state index is 0.148. The molecule has 1 saturated heterocycles. The van der Waals surface area contributed by atoms with E-state index in [1.807, 2.05) is 24.3 Å². The maximum absolute atomic E-state index is 14.1. The first-order chi connectivity index (χ1) is 22.2. The van der Waals surface area contributed by atoms with Gasteiger partial charge in [-0.15, -0.1) is 0 Å². The molecule has 1 N–H and O–H groups in total. The Labute approximate surface area is 276 Å². The molecule has 1 aromatic heterocycles. The summed E-state index contributed by atoms with van der Waals surface area (Å²) in [6.07, 6.45) is -4.70. The van der Waals surface area contributed by atoms with Crippen molar-refractivity contribution in [3.05, 3.63) is 104 Å². The van der Waals surface area contributed by atoms with Crippen LogP contribution in [0.25, 0.3) is 0 Å². The van der Waals surface area contributed by atoms with Crippen molar-refractivity contribution in [3.8, 4) is 5.75 Å². The second-order valence-corrected chi connectivity index (χ2v) is 14.5. The highest BCUT2D eigenvalue weighted by atomic mass is 32.2. The van der Waals surface area contributed by atoms with Gasteiger partial charge in [0.25, 0.3) is 0 Å². The molecular weight excluding hydrogens is 652 g/mol. The fraction of sp³-hybridized carbons (Fsp3) is 0.294. The molecule has 2 aliphatic heterocycles. The summed E-state index contributed by atoms with van der Waals surface area (Å²) in [5, 5.41) is 1.71. The van der Waals surface area contributed by atoms with Gasteiger partial charge in [-0.2, -0.15) is 13.2 Å². The lowest BCUT2D eigenvalue weighted by Gasteiger charge is -2.31. The molecule has 1 fully saturated rings. The number of imide groups is 1. The number of rotatable bonds is 6. The van der Waals surface area contributed by atoms with Gasteiger partial charge >= 0.3 is 11.0 Å². The number of aromatic nitrogens is 1. The van der Waals surface area contributed by atoms with Crippen LogP contribution in [0.3, 0.4) is 0 Å². The number of hydrogen-bond donors (Lipinski definition) is 1. The summed E-state index contributed by atoms with van der Waals surface area (Å²) in [5.74, 6) is -2.70. The van der Waals surface area contributed by atoms with E-state index in [0.717, 1.165) is 51.3 Å². The third-order valence-corrected chi connectivity index (χ3v) is 10.9. The fourth-order valence-electron chi connectivity index (χ4n) is 5.96. The number of ether oxygens (including phenoxy) is 1. The van der Waals surface area contributed by atoms with Crippen LogP contribution >= 0.6 is 23.1 Å². The fourth-order valence-corrected chi connectivity index (χ4v) is 8.74. The van der Waals surface area contributed by atoms with Crippen LogP contribution in [0.15, 0.2) is 82.6 Å². The van der Waals surface area contributed by atoms with Crippen LogP contribution in [0.4, 0.5) is 24.5 Å². The zero-order chi connectivity index (χ0) is 33.8. The Balaban J connectivity index is 1.40. The molecular formula is C34H30F3N3O5S2. The van der Waals surface area contributed by atoms with Crippen molar-refractivity contribution in [1.82, 2.24) is 4.57 Å². The highest BCUT2D eigenvalue weighted by molar-refractivity contribution is 8.00. The normalized spacial score (nSPS) is 19.4. The number of nitrogens with zero attached hydrogens (tertiary/aromatic N) is 2. The molecule has 47 heavy (non-hydrogen) atoms. The summed E-state index contributed by atoms with van der Waals surface area (Å²) in [7, 11) is 1.51. The highest BCUT2D eigenvalue weighted by Crippen LogP contribution is 2.54. The van der Waals surface area contributed by atoms with Crippen LogP contribution in [0, 0.1) is 5.92 Å². The molecule has 4 aromatic rings. The lowest BCUT2D eigenvalue weighted by Crippen LogP contribution is -2.33. The summed E-state index contributed by atoms with van der Waals surface area (Å²) >= 11 is 1.90. The molecule has 3 aromatic carbocycles. The maximum Gasteiger partial charge on any atom is 0.418 e. The number of alkyl halides is 3. The molecule has 0 saturated carbocycles. The molecule has 0 bridgehead atoms. The zero-order valence-corrected chi connectivity index (χ0v) is 27.4. The second-order valence-electron chi connectivity index (χ2n) is 12.3. The van der Waals surface area contributed by atoms with E-state index in [1.54, 1.807) is 24.3 Å². The number of halogens is 3. The molecule has 3 unspecified atom stereocenters. The summed E-state index contributed by atoms with van der Waals surface area (Å²) in [5.41, 5.74) is 0.561. The Hall–Kier alpha value is -4.36. The largest absolute Gasteiger partial charge is 0.497 e. The lowest BCUT2D eigenvalue weighted by atomic mass is 9.81. The number of thioether (sulfide) groups is 1. The molecule has 0 aliphatic carbocycles. The van der Waals surface area contributed by atoms with Crippen molar-refractivity contribution >= 4 is 52.2 Å². The van der Waals surface area contributed by atoms with Gasteiger partial charge in [0.15, 0.2) is 0 Å². The van der Waals surface area contributed by atoms with E-state index < -0.39 is 63.7 Å². The number of carbonyl (C=O) groups excluding carboxylic acids is 3. The van der Waals surface area contributed by atoms with Gasteiger partial charge in [-0.3, -0.25) is 23.7 Å². The number of fused-ring (bicyclic) bond motifs is 2. The quantitative estimate of drug-likeness (QED) is 0.229. The minimum Gasteiger partial charge on any atom is -0.497 e. The molecule has 0 spiro atoms. The van der Waals surface area contributed by atoms with Crippen LogP contribution in [0.5, 0.6) is 5.75 Å². The van der Waals surface area contributed by atoms with Crippen molar-refractivity contribution in [3.63, 3.8) is 0 Å². The number of amides is 3. The minimum atomic E-state index is -4.70. The Bertz CT molecular complexity index is 1930. The molecule has 6 rings (SSSR count). The Morgan fingerprint density at radius 1 is 0.915 bits per heavy atom. The van der Waals surface area contributed by atoms with Crippen molar-refractivity contribution in [2.24, 2.45) is 5.92 Å². The number of methoxy groups -OCH3 is 1. The van der Waals surface area contributed by atoms with Crippen molar-refractivity contribution in [2.45, 2.75) is 55.1 Å². The van der Waals surface area contributed by atoms with Crippen LogP contribution in [-0.2, 0) is 32.5 Å². The third kappa shape index (κ3) is 5.98. The van der Waals surface area contributed by atoms with Crippen molar-refractivity contribution in [2.75, 3.05) is 17.3 Å². The van der Waals surface area contributed by atoms with Gasteiger partial charge in [-0.1, -0.05) is 80.3 Å². The van der Waals surface area contributed by atoms with E-state index in [2.05, 4.69) is 26.1 Å². The first kappa shape index (κ1) is 32.6. The molecule has 3 amide bonds. The van der Waals surface area contributed by atoms with Crippen LogP contribution in [0.2, 0.25) is 0 Å². The lowest BCUT2D eigenvalue weighted by molar-refractivity contribution is -0.137. The molecule has 3 atom stereocenters. The van der Waals surface area contributed by atoms with Gasteiger partial charge in [-0.25, -0.2) is 4.90 Å². The molecule has 2 aliphatic rings. The van der Waals surface area contributed by atoms with E-state index in [-0.39, 0.29) is 5.41 Å². The van der Waals surface area contributed by atoms with E-state index >= 15 is 0 Å². The number of para-hydroxylation sites is 1. The van der Waals surface area contributed by atoms with Gasteiger partial charge in [0.1, 0.15) is 17.5 Å². The van der Waals surface area contributed by atoms with E-state index in [9.17, 15) is 32.3 Å². The molecule has 8 nitrogen and oxygen atoms in total. The highest BCUT2D eigenvalue weighted by Gasteiger charge is 2.57. The standard InChI is InChI=1S/C34H30F3N3O5S2/c1-33(2,3)19-11-9-18(10-12-19)25-26-27(30(43)40(29(26)42)20-13-15-21(45-4)16-14-20)46-31-28(25)47-32(44)39(31)17-24(41)38-23-8-6-5-7-22(23)34(35,36)37/h5-16,25-27H,17H2,1-4H3,(H,38,41). The summed E-state index contributed by atoms with van der Waals surface area (Å²) in [4.78, 5) is 55.8. The summed E-state index contributed by atoms with van der Waals surface area (Å²) in [6, 6.07) is 18.8. The average Bonchev–Trinajstić information content (AvgIpc) is 3.46. The number of benzene rings is 3. The Kier molecular flexibility index (Phi) is 8.33. The van der Waals surface area contributed by atoms with Gasteiger partial charge in [0, 0.05) is 10.8 Å². The maximum atomic E-state index is 14.1. The zero-order valence-electron chi connectivity index (χ0n) is 25.8. The summed E-state index contributed by atoms with van der Waals surface area (Å²) in [6.45, 7) is 5.64. The molecule has 244 valence electrons. The van der Waals surface area contributed by atoms with Gasteiger partial charge in [0.2, 0.25) is 17.7 Å². The number of thiazole rings is 1.